The van der Waals surface area contributed by atoms with Gasteiger partial charge < -0.3 is 35.0 Å². The normalized spacial score (nSPS) is 13.3. The van der Waals surface area contributed by atoms with E-state index < -0.39 is 33.8 Å². The number of amides is 1. The van der Waals surface area contributed by atoms with Crippen molar-refractivity contribution in [1.82, 2.24) is 5.32 Å². The van der Waals surface area contributed by atoms with Gasteiger partial charge in [0.25, 0.3) is 0 Å². The van der Waals surface area contributed by atoms with Crippen molar-refractivity contribution < 1.29 is 34.4 Å². The standard InChI is InChI=1S/C20H50N2O4Si4.ClH/c1-22(2)18-14-12-13-16-20(23)21-17-15-19-30(24-27(3,4)5,25-28(6,7)8)26-29(9,10)11;/h12-19H2,1-11H3,(H,21,23);1H. The van der Waals surface area contributed by atoms with Crippen LogP contribution in [-0.2, 0) is 17.1 Å². The summed E-state index contributed by atoms with van der Waals surface area (Å²) in [6.45, 7) is 21.7. The van der Waals surface area contributed by atoms with Gasteiger partial charge in [-0.15, -0.1) is 0 Å². The third-order valence-electron chi connectivity index (χ3n) is 3.95. The van der Waals surface area contributed by atoms with Gasteiger partial charge in [0.15, 0.2) is 25.0 Å². The summed E-state index contributed by atoms with van der Waals surface area (Å²) in [5.74, 6) is 0.155. The quantitative estimate of drug-likeness (QED) is 0.228. The van der Waals surface area contributed by atoms with Gasteiger partial charge >= 0.3 is 8.80 Å². The topological polar surface area (TPSA) is 61.2 Å². The summed E-state index contributed by atoms with van der Waals surface area (Å²) in [5.41, 5.74) is 0. The van der Waals surface area contributed by atoms with E-state index in [4.69, 9.17) is 12.3 Å². The molecule has 0 saturated carbocycles. The van der Waals surface area contributed by atoms with Gasteiger partial charge in [0.05, 0.1) is 20.6 Å². The molecule has 0 aromatic rings. The zero-order chi connectivity index (χ0) is 23.6. The van der Waals surface area contributed by atoms with E-state index in [1.54, 1.807) is 0 Å². The molecule has 31 heavy (non-hydrogen) atoms. The van der Waals surface area contributed by atoms with E-state index in [0.29, 0.717) is 13.0 Å². The lowest BCUT2D eigenvalue weighted by atomic mass is 10.2. The number of nitrogens with one attached hydrogen (secondary N) is 2. The fourth-order valence-electron chi connectivity index (χ4n) is 3.18. The Bertz CT molecular complexity index is 466. The van der Waals surface area contributed by atoms with Gasteiger partial charge in [-0.25, -0.2) is 0 Å². The number of rotatable bonds is 16. The van der Waals surface area contributed by atoms with Gasteiger partial charge in [0, 0.05) is 19.0 Å². The Balaban J connectivity index is 0. The maximum Gasteiger partial charge on any atom is 0.469 e. The fraction of sp³-hybridized carbons (Fsp3) is 0.950. The first kappa shape index (κ1) is 33.6. The molecule has 0 spiro atoms. The Kier molecular flexibility index (Phi) is 15.9. The molecule has 0 aromatic carbocycles. The van der Waals surface area contributed by atoms with Crippen LogP contribution < -0.4 is 22.6 Å². The molecule has 2 N–H and O–H groups in total. The number of hydrogen-bond acceptors (Lipinski definition) is 4. The molecule has 0 atom stereocenters. The highest BCUT2D eigenvalue weighted by Gasteiger charge is 2.49. The maximum atomic E-state index is 12.2. The van der Waals surface area contributed by atoms with Crippen molar-refractivity contribution in [2.75, 3.05) is 27.2 Å². The van der Waals surface area contributed by atoms with Gasteiger partial charge in [-0.2, -0.15) is 0 Å². The second-order valence-corrected chi connectivity index (χ2v) is 28.5. The molecular weight excluding hydrogens is 480 g/mol. The van der Waals surface area contributed by atoms with E-state index in [2.05, 4.69) is 78.3 Å². The van der Waals surface area contributed by atoms with Crippen molar-refractivity contribution in [3.05, 3.63) is 0 Å². The third-order valence-corrected chi connectivity index (χ3v) is 16.0. The molecule has 1 amide bonds. The van der Waals surface area contributed by atoms with Crippen LogP contribution in [0.1, 0.15) is 32.1 Å². The van der Waals surface area contributed by atoms with Crippen LogP contribution in [-0.4, -0.2) is 66.8 Å². The Morgan fingerprint density at radius 3 is 1.58 bits per heavy atom. The minimum Gasteiger partial charge on any atom is -1.00 e. The summed E-state index contributed by atoms with van der Waals surface area (Å²) in [5, 5.41) is 3.09. The summed E-state index contributed by atoms with van der Waals surface area (Å²) >= 11 is 0. The van der Waals surface area contributed by atoms with E-state index >= 15 is 0 Å². The maximum absolute atomic E-state index is 12.2. The first-order valence-electron chi connectivity index (χ1n) is 11.6. The molecule has 0 unspecified atom stereocenters. The van der Waals surface area contributed by atoms with Gasteiger partial charge in [0.2, 0.25) is 5.91 Å². The van der Waals surface area contributed by atoms with Crippen molar-refractivity contribution in [1.29, 1.82) is 0 Å². The first-order chi connectivity index (χ1) is 13.4. The van der Waals surface area contributed by atoms with Crippen LogP contribution in [0.5, 0.6) is 0 Å². The molecule has 0 radical (unpaired) electrons. The molecule has 0 aliphatic carbocycles. The Hall–Kier alpha value is 0.468. The summed E-state index contributed by atoms with van der Waals surface area (Å²) in [6.07, 6.45) is 4.72. The SMILES string of the molecule is C[NH+](C)CCCCCC(=O)NCCC[Si](O[Si](C)(C)C)(O[Si](C)(C)C)O[Si](C)(C)C.[Cl-]. The number of halogens is 1. The molecule has 0 bridgehead atoms. The molecule has 0 aliphatic rings. The van der Waals surface area contributed by atoms with E-state index in [0.717, 1.165) is 25.3 Å². The fourth-order valence-corrected chi connectivity index (χ4v) is 17.8. The highest BCUT2D eigenvalue weighted by molar-refractivity contribution is 6.90. The number of hydrogen-bond donors (Lipinski definition) is 2. The van der Waals surface area contributed by atoms with Crippen molar-refractivity contribution in [3.63, 3.8) is 0 Å². The Morgan fingerprint density at radius 2 is 1.19 bits per heavy atom. The Morgan fingerprint density at radius 1 is 0.742 bits per heavy atom. The molecule has 188 valence electrons. The van der Waals surface area contributed by atoms with Crippen LogP contribution in [0.25, 0.3) is 0 Å². The molecule has 0 saturated heterocycles. The van der Waals surface area contributed by atoms with E-state index in [1.165, 1.54) is 17.9 Å². The van der Waals surface area contributed by atoms with Crippen LogP contribution in [0.3, 0.4) is 0 Å². The van der Waals surface area contributed by atoms with Crippen LogP contribution in [0, 0.1) is 0 Å². The molecule has 0 fully saturated rings. The predicted molar refractivity (Wildman–Crippen MR) is 138 cm³/mol. The summed E-state index contributed by atoms with van der Waals surface area (Å²) < 4.78 is 20.1. The van der Waals surface area contributed by atoms with Crippen molar-refractivity contribution in [2.24, 2.45) is 0 Å². The third kappa shape index (κ3) is 20.8. The van der Waals surface area contributed by atoms with Crippen LogP contribution in [0.4, 0.5) is 0 Å². The van der Waals surface area contributed by atoms with Gasteiger partial charge in [-0.3, -0.25) is 4.79 Å². The number of carbonyl (C=O) groups excluding carboxylic acids is 1. The monoisotopic (exact) mass is 530 g/mol. The second-order valence-electron chi connectivity index (χ2n) is 11.5. The number of unbranched alkanes of at least 4 members (excludes halogenated alkanes) is 2. The molecule has 6 nitrogen and oxygen atoms in total. The average molecular weight is 531 g/mol. The van der Waals surface area contributed by atoms with Crippen LogP contribution >= 0.6 is 0 Å². The Labute approximate surface area is 203 Å². The predicted octanol–water partition coefficient (Wildman–Crippen LogP) is 0.695. The summed E-state index contributed by atoms with van der Waals surface area (Å²) in [7, 11) is -3.98. The lowest BCUT2D eigenvalue weighted by Gasteiger charge is -2.43. The largest absolute Gasteiger partial charge is 1.00 e. The smallest absolute Gasteiger partial charge is 0.469 e. The highest BCUT2D eigenvalue weighted by Crippen LogP contribution is 2.29. The second kappa shape index (κ2) is 14.7. The lowest BCUT2D eigenvalue weighted by Crippen LogP contribution is -3.05. The van der Waals surface area contributed by atoms with E-state index in [-0.39, 0.29) is 18.3 Å². The van der Waals surface area contributed by atoms with E-state index in [1.807, 2.05) is 0 Å². The molecular formula is C20H51ClN2O4Si4. The van der Waals surface area contributed by atoms with Crippen molar-refractivity contribution in [3.8, 4) is 0 Å². The van der Waals surface area contributed by atoms with Crippen LogP contribution in [0.15, 0.2) is 0 Å². The van der Waals surface area contributed by atoms with E-state index in [9.17, 15) is 4.79 Å². The van der Waals surface area contributed by atoms with Gasteiger partial charge in [-0.1, -0.05) is 0 Å². The van der Waals surface area contributed by atoms with Gasteiger partial charge in [-0.05, 0) is 84.6 Å². The van der Waals surface area contributed by atoms with Crippen molar-refractivity contribution >= 4 is 39.7 Å². The highest BCUT2D eigenvalue weighted by atomic mass is 35.5. The first-order valence-corrected chi connectivity index (χ1v) is 23.7. The number of quaternary nitrogens is 1. The molecule has 0 heterocycles. The van der Waals surface area contributed by atoms with Gasteiger partial charge in [0.1, 0.15) is 0 Å². The zero-order valence-electron chi connectivity index (χ0n) is 22.2. The molecule has 0 aromatic heterocycles. The summed E-state index contributed by atoms with van der Waals surface area (Å²) in [6, 6.07) is 0.775. The molecule has 0 aliphatic heterocycles. The number of carbonyl (C=O) groups is 1. The van der Waals surface area contributed by atoms with Crippen molar-refractivity contribution in [2.45, 2.75) is 97.1 Å². The van der Waals surface area contributed by atoms with Crippen LogP contribution in [0.2, 0.25) is 65.0 Å². The molecule has 0 rings (SSSR count). The molecule has 11 heteroatoms. The average Bonchev–Trinajstić information content (AvgIpc) is 2.45. The summed E-state index contributed by atoms with van der Waals surface area (Å²) in [4.78, 5) is 13.6. The lowest BCUT2D eigenvalue weighted by molar-refractivity contribution is -0.858. The zero-order valence-corrected chi connectivity index (χ0v) is 26.9. The minimum absolute atomic E-state index is 0. The minimum atomic E-state index is -2.79.